The van der Waals surface area contributed by atoms with E-state index >= 15 is 0 Å². The lowest BCUT2D eigenvalue weighted by Gasteiger charge is -2.12. The van der Waals surface area contributed by atoms with Gasteiger partial charge >= 0.3 is 6.36 Å². The molecule has 0 fully saturated rings. The van der Waals surface area contributed by atoms with Gasteiger partial charge in [-0.3, -0.25) is 0 Å². The van der Waals surface area contributed by atoms with Crippen molar-refractivity contribution >= 4 is 21.6 Å². The number of hydrogen-bond donors (Lipinski definition) is 1. The van der Waals surface area contributed by atoms with Gasteiger partial charge in [0.2, 0.25) is 0 Å². The molecule has 112 valence electrons. The van der Waals surface area contributed by atoms with Crippen LogP contribution in [0.1, 0.15) is 5.56 Å². The number of ether oxygens (including phenoxy) is 1. The maximum Gasteiger partial charge on any atom is 0.573 e. The number of alkyl halides is 3. The van der Waals surface area contributed by atoms with Crippen LogP contribution in [0.25, 0.3) is 0 Å². The second-order valence-electron chi connectivity index (χ2n) is 4.16. The molecule has 0 aromatic heterocycles. The molecule has 0 heterocycles. The summed E-state index contributed by atoms with van der Waals surface area (Å²) in [4.78, 5) is 0. The highest BCUT2D eigenvalue weighted by Crippen LogP contribution is 2.26. The highest BCUT2D eigenvalue weighted by molar-refractivity contribution is 9.10. The van der Waals surface area contributed by atoms with Gasteiger partial charge in [-0.1, -0.05) is 28.1 Å². The molecule has 0 atom stereocenters. The topological polar surface area (TPSA) is 21.3 Å². The SMILES string of the molecule is Fc1ccc(CNc2cccc(OC(F)(F)F)c2)c(Br)c1. The summed E-state index contributed by atoms with van der Waals surface area (Å²) in [5.74, 6) is -0.670. The van der Waals surface area contributed by atoms with E-state index in [1.807, 2.05) is 0 Å². The van der Waals surface area contributed by atoms with Crippen LogP contribution in [0.4, 0.5) is 23.2 Å². The first-order chi connectivity index (χ1) is 9.83. The molecular formula is C14H10BrF4NO. The lowest BCUT2D eigenvalue weighted by molar-refractivity contribution is -0.274. The fourth-order valence-electron chi connectivity index (χ4n) is 1.67. The minimum Gasteiger partial charge on any atom is -0.406 e. The van der Waals surface area contributed by atoms with Crippen LogP contribution in [0.2, 0.25) is 0 Å². The van der Waals surface area contributed by atoms with Crippen LogP contribution in [-0.2, 0) is 6.54 Å². The Morgan fingerprint density at radius 1 is 1.10 bits per heavy atom. The Bertz CT molecular complexity index is 631. The summed E-state index contributed by atoms with van der Waals surface area (Å²) in [6, 6.07) is 9.73. The van der Waals surface area contributed by atoms with Crippen molar-refractivity contribution in [1.29, 1.82) is 0 Å². The van der Waals surface area contributed by atoms with Crippen molar-refractivity contribution < 1.29 is 22.3 Å². The molecule has 0 saturated heterocycles. The number of halogens is 5. The van der Waals surface area contributed by atoms with Crippen LogP contribution in [0, 0.1) is 5.82 Å². The standard InChI is InChI=1S/C14H10BrF4NO/c15-13-6-10(16)5-4-9(13)8-20-11-2-1-3-12(7-11)21-14(17,18)19/h1-7,20H,8H2. The van der Waals surface area contributed by atoms with Crippen molar-refractivity contribution in [3.8, 4) is 5.75 Å². The Labute approximate surface area is 126 Å². The van der Waals surface area contributed by atoms with Crippen molar-refractivity contribution in [1.82, 2.24) is 0 Å². The minimum absolute atomic E-state index is 0.300. The zero-order valence-electron chi connectivity index (χ0n) is 10.5. The number of anilines is 1. The summed E-state index contributed by atoms with van der Waals surface area (Å²) in [5.41, 5.74) is 1.24. The fraction of sp³-hybridized carbons (Fsp3) is 0.143. The Balaban J connectivity index is 2.05. The lowest BCUT2D eigenvalue weighted by atomic mass is 10.2. The van der Waals surface area contributed by atoms with Crippen LogP contribution in [0.5, 0.6) is 5.75 Å². The third-order valence-corrected chi connectivity index (χ3v) is 3.30. The van der Waals surface area contributed by atoms with E-state index < -0.39 is 6.36 Å². The first-order valence-electron chi connectivity index (χ1n) is 5.87. The summed E-state index contributed by atoms with van der Waals surface area (Å²) in [6.45, 7) is 0.330. The van der Waals surface area contributed by atoms with Crippen LogP contribution in [-0.4, -0.2) is 6.36 Å². The highest BCUT2D eigenvalue weighted by Gasteiger charge is 2.31. The molecule has 0 bridgehead atoms. The molecule has 2 aromatic carbocycles. The molecule has 0 aliphatic carbocycles. The normalized spacial score (nSPS) is 11.3. The summed E-state index contributed by atoms with van der Waals surface area (Å²) in [7, 11) is 0. The molecule has 0 aliphatic heterocycles. The quantitative estimate of drug-likeness (QED) is 0.763. The van der Waals surface area contributed by atoms with E-state index in [4.69, 9.17) is 0 Å². The largest absolute Gasteiger partial charge is 0.573 e. The van der Waals surface area contributed by atoms with Gasteiger partial charge in [0.05, 0.1) is 0 Å². The second-order valence-corrected chi connectivity index (χ2v) is 5.02. The predicted molar refractivity (Wildman–Crippen MR) is 74.6 cm³/mol. The lowest BCUT2D eigenvalue weighted by Crippen LogP contribution is -2.17. The molecule has 1 N–H and O–H groups in total. The van der Waals surface area contributed by atoms with E-state index in [-0.39, 0.29) is 11.6 Å². The maximum absolute atomic E-state index is 12.9. The highest BCUT2D eigenvalue weighted by atomic mass is 79.9. The first-order valence-corrected chi connectivity index (χ1v) is 6.66. The van der Waals surface area contributed by atoms with E-state index in [0.29, 0.717) is 16.7 Å². The van der Waals surface area contributed by atoms with Gasteiger partial charge in [0.15, 0.2) is 0 Å². The van der Waals surface area contributed by atoms with E-state index in [1.54, 1.807) is 12.1 Å². The molecule has 7 heteroatoms. The van der Waals surface area contributed by atoms with Gasteiger partial charge in [0.1, 0.15) is 11.6 Å². The molecule has 0 spiro atoms. The van der Waals surface area contributed by atoms with E-state index in [9.17, 15) is 17.6 Å². The third kappa shape index (κ3) is 4.93. The van der Waals surface area contributed by atoms with E-state index in [0.717, 1.165) is 5.56 Å². The van der Waals surface area contributed by atoms with Crippen LogP contribution in [0.15, 0.2) is 46.9 Å². The molecule has 0 amide bonds. The average molecular weight is 364 g/mol. The molecule has 21 heavy (non-hydrogen) atoms. The van der Waals surface area contributed by atoms with Crippen LogP contribution in [0.3, 0.4) is 0 Å². The van der Waals surface area contributed by atoms with E-state index in [2.05, 4.69) is 26.0 Å². The second kappa shape index (κ2) is 6.34. The van der Waals surface area contributed by atoms with Gasteiger partial charge in [-0.25, -0.2) is 4.39 Å². The van der Waals surface area contributed by atoms with Crippen molar-refractivity contribution in [2.24, 2.45) is 0 Å². The summed E-state index contributed by atoms with van der Waals surface area (Å²) >= 11 is 3.22. The van der Waals surface area contributed by atoms with Gasteiger partial charge in [-0.2, -0.15) is 0 Å². The minimum atomic E-state index is -4.72. The van der Waals surface area contributed by atoms with Gasteiger partial charge < -0.3 is 10.1 Å². The number of hydrogen-bond acceptors (Lipinski definition) is 2. The zero-order chi connectivity index (χ0) is 15.5. The number of rotatable bonds is 4. The predicted octanol–water partition coefficient (Wildman–Crippen LogP) is 5.10. The number of nitrogens with one attached hydrogen (secondary N) is 1. The molecule has 2 aromatic rings. The average Bonchev–Trinajstić information content (AvgIpc) is 2.36. The van der Waals surface area contributed by atoms with Crippen LogP contribution >= 0.6 is 15.9 Å². The summed E-state index contributed by atoms with van der Waals surface area (Å²) < 4.78 is 53.8. The zero-order valence-corrected chi connectivity index (χ0v) is 12.1. The fourth-order valence-corrected chi connectivity index (χ4v) is 2.16. The van der Waals surface area contributed by atoms with Crippen molar-refractivity contribution in [2.75, 3.05) is 5.32 Å². The van der Waals surface area contributed by atoms with Gasteiger partial charge in [0, 0.05) is 22.8 Å². The monoisotopic (exact) mass is 363 g/mol. The van der Waals surface area contributed by atoms with Crippen molar-refractivity contribution in [2.45, 2.75) is 12.9 Å². The molecule has 2 nitrogen and oxygen atoms in total. The van der Waals surface area contributed by atoms with E-state index in [1.165, 1.54) is 30.3 Å². The van der Waals surface area contributed by atoms with Gasteiger partial charge in [-0.15, -0.1) is 13.2 Å². The number of benzene rings is 2. The third-order valence-electron chi connectivity index (χ3n) is 2.57. The van der Waals surface area contributed by atoms with Crippen molar-refractivity contribution in [3.63, 3.8) is 0 Å². The molecular weight excluding hydrogens is 354 g/mol. The maximum atomic E-state index is 12.9. The molecule has 0 unspecified atom stereocenters. The molecule has 0 saturated carbocycles. The van der Waals surface area contributed by atoms with Gasteiger partial charge in [-0.05, 0) is 29.8 Å². The molecule has 0 radical (unpaired) electrons. The molecule has 0 aliphatic rings. The van der Waals surface area contributed by atoms with Gasteiger partial charge in [0.25, 0.3) is 0 Å². The Morgan fingerprint density at radius 2 is 1.86 bits per heavy atom. The summed E-state index contributed by atoms with van der Waals surface area (Å²) in [6.07, 6.45) is -4.72. The Hall–Kier alpha value is -1.76. The van der Waals surface area contributed by atoms with Crippen molar-refractivity contribution in [3.05, 3.63) is 58.3 Å². The molecule has 2 rings (SSSR count). The summed E-state index contributed by atoms with van der Waals surface area (Å²) in [5, 5.41) is 2.95. The Kier molecular flexibility index (Phi) is 4.72. The smallest absolute Gasteiger partial charge is 0.406 e. The Morgan fingerprint density at radius 3 is 2.52 bits per heavy atom. The van der Waals surface area contributed by atoms with Crippen LogP contribution < -0.4 is 10.1 Å². The first kappa shape index (κ1) is 15.6.